The summed E-state index contributed by atoms with van der Waals surface area (Å²) in [6.07, 6.45) is 0.700. The van der Waals surface area contributed by atoms with Crippen LogP contribution in [0.4, 0.5) is 4.79 Å². The van der Waals surface area contributed by atoms with Crippen molar-refractivity contribution in [3.05, 3.63) is 0 Å². The Bertz CT molecular complexity index is 234. The Morgan fingerprint density at radius 3 is 2.60 bits per heavy atom. The second kappa shape index (κ2) is 4.39. The van der Waals surface area contributed by atoms with E-state index in [2.05, 4.69) is 0 Å². The van der Waals surface area contributed by atoms with Crippen LogP contribution in [0.5, 0.6) is 0 Å². The number of hydrogen-bond acceptors (Lipinski definition) is 3. The minimum Gasteiger partial charge on any atom is -0.444 e. The topological polar surface area (TPSA) is 49.8 Å². The van der Waals surface area contributed by atoms with Crippen molar-refractivity contribution in [2.45, 2.75) is 58.3 Å². The molecule has 0 aromatic heterocycles. The predicted molar refractivity (Wildman–Crippen MR) is 57.6 cm³/mol. The number of nitrogens with zero attached hydrogens (tertiary/aromatic N) is 1. The van der Waals surface area contributed by atoms with Gasteiger partial charge in [0.2, 0.25) is 0 Å². The lowest BCUT2D eigenvalue weighted by Gasteiger charge is -2.28. The molecule has 0 aromatic carbocycles. The van der Waals surface area contributed by atoms with E-state index in [9.17, 15) is 9.90 Å². The van der Waals surface area contributed by atoms with E-state index in [1.807, 2.05) is 27.7 Å². The first-order valence-corrected chi connectivity index (χ1v) is 5.53. The minimum absolute atomic E-state index is 0.0835. The molecule has 1 rings (SSSR count). The molecular weight excluding hydrogens is 194 g/mol. The van der Waals surface area contributed by atoms with E-state index in [4.69, 9.17) is 4.74 Å². The number of aliphatic hydroxyl groups is 1. The molecule has 0 aromatic rings. The smallest absolute Gasteiger partial charge is 0.410 e. The summed E-state index contributed by atoms with van der Waals surface area (Å²) in [5, 5.41) is 9.66. The minimum atomic E-state index is -0.469. The van der Waals surface area contributed by atoms with E-state index < -0.39 is 11.7 Å². The Labute approximate surface area is 91.2 Å². The Kier molecular flexibility index (Phi) is 3.60. The molecule has 0 radical (unpaired) electrons. The van der Waals surface area contributed by atoms with Gasteiger partial charge in [0.25, 0.3) is 0 Å². The molecule has 15 heavy (non-hydrogen) atoms. The van der Waals surface area contributed by atoms with Crippen molar-refractivity contribution in [3.63, 3.8) is 0 Å². The number of carbonyl (C=O) groups excluding carboxylic acids is 1. The molecule has 0 bridgehead atoms. The molecule has 4 heteroatoms. The average molecular weight is 215 g/mol. The number of amides is 1. The van der Waals surface area contributed by atoms with Crippen LogP contribution in [0.3, 0.4) is 0 Å². The zero-order valence-electron chi connectivity index (χ0n) is 9.99. The number of ether oxygens (including phenoxy) is 1. The number of aliphatic hydroxyl groups excluding tert-OH is 1. The van der Waals surface area contributed by atoms with Gasteiger partial charge < -0.3 is 14.7 Å². The Balaban J connectivity index is 2.60. The first-order chi connectivity index (χ1) is 6.85. The van der Waals surface area contributed by atoms with E-state index >= 15 is 0 Å². The maximum absolute atomic E-state index is 11.8. The summed E-state index contributed by atoms with van der Waals surface area (Å²) in [5.74, 6) is 0. The summed E-state index contributed by atoms with van der Waals surface area (Å²) in [7, 11) is 0. The first-order valence-electron chi connectivity index (χ1n) is 5.53. The van der Waals surface area contributed by atoms with Gasteiger partial charge in [-0.2, -0.15) is 0 Å². The second-order valence-electron chi connectivity index (χ2n) is 5.01. The van der Waals surface area contributed by atoms with E-state index in [-0.39, 0.29) is 12.1 Å². The SMILES string of the molecule is CC[C@@H]1C(O)CCN1C(=O)OC(C)(C)C. The van der Waals surface area contributed by atoms with Crippen molar-refractivity contribution in [1.29, 1.82) is 0 Å². The van der Waals surface area contributed by atoms with Crippen LogP contribution < -0.4 is 0 Å². The average Bonchev–Trinajstić information content (AvgIpc) is 2.43. The van der Waals surface area contributed by atoms with Gasteiger partial charge in [-0.25, -0.2) is 4.79 Å². The van der Waals surface area contributed by atoms with Gasteiger partial charge in [-0.3, -0.25) is 0 Å². The molecule has 0 aliphatic carbocycles. The quantitative estimate of drug-likeness (QED) is 0.725. The lowest BCUT2D eigenvalue weighted by Crippen LogP contribution is -2.42. The Morgan fingerprint density at radius 1 is 1.53 bits per heavy atom. The van der Waals surface area contributed by atoms with E-state index in [0.29, 0.717) is 13.0 Å². The summed E-state index contributed by atoms with van der Waals surface area (Å²) in [6.45, 7) is 8.10. The molecule has 2 atom stereocenters. The highest BCUT2D eigenvalue weighted by molar-refractivity contribution is 5.69. The maximum atomic E-state index is 11.8. The van der Waals surface area contributed by atoms with Crippen LogP contribution in [-0.4, -0.2) is 40.4 Å². The Morgan fingerprint density at radius 2 is 2.13 bits per heavy atom. The summed E-state index contributed by atoms with van der Waals surface area (Å²) in [5.41, 5.74) is -0.469. The fourth-order valence-electron chi connectivity index (χ4n) is 1.88. The highest BCUT2D eigenvalue weighted by Crippen LogP contribution is 2.23. The van der Waals surface area contributed by atoms with Crippen LogP contribution in [0, 0.1) is 0 Å². The summed E-state index contributed by atoms with van der Waals surface area (Å²) in [4.78, 5) is 13.4. The van der Waals surface area contributed by atoms with E-state index in [0.717, 1.165) is 6.42 Å². The zero-order chi connectivity index (χ0) is 11.6. The lowest BCUT2D eigenvalue weighted by molar-refractivity contribution is 0.0151. The molecular formula is C11H21NO3. The van der Waals surface area contributed by atoms with Gasteiger partial charge in [-0.05, 0) is 33.6 Å². The van der Waals surface area contributed by atoms with Gasteiger partial charge in [-0.15, -0.1) is 0 Å². The number of hydrogen-bond donors (Lipinski definition) is 1. The van der Waals surface area contributed by atoms with Crippen LogP contribution in [0.15, 0.2) is 0 Å². The third-order valence-electron chi connectivity index (χ3n) is 2.56. The van der Waals surface area contributed by atoms with Crippen molar-refractivity contribution in [3.8, 4) is 0 Å². The molecule has 1 N–H and O–H groups in total. The fourth-order valence-corrected chi connectivity index (χ4v) is 1.88. The van der Waals surface area contributed by atoms with Gasteiger partial charge in [0, 0.05) is 6.54 Å². The van der Waals surface area contributed by atoms with E-state index in [1.165, 1.54) is 0 Å². The molecule has 0 spiro atoms. The molecule has 1 unspecified atom stereocenters. The molecule has 1 aliphatic rings. The normalized spacial score (nSPS) is 26.9. The van der Waals surface area contributed by atoms with Gasteiger partial charge >= 0.3 is 6.09 Å². The molecule has 4 nitrogen and oxygen atoms in total. The summed E-state index contributed by atoms with van der Waals surface area (Å²) < 4.78 is 5.28. The summed E-state index contributed by atoms with van der Waals surface area (Å²) >= 11 is 0. The van der Waals surface area contributed by atoms with Gasteiger partial charge in [-0.1, -0.05) is 6.92 Å². The van der Waals surface area contributed by atoms with Crippen molar-refractivity contribution in [1.82, 2.24) is 4.90 Å². The maximum Gasteiger partial charge on any atom is 0.410 e. The first kappa shape index (κ1) is 12.3. The number of rotatable bonds is 1. The highest BCUT2D eigenvalue weighted by Gasteiger charge is 2.36. The van der Waals surface area contributed by atoms with Crippen LogP contribution in [-0.2, 0) is 4.74 Å². The summed E-state index contributed by atoms with van der Waals surface area (Å²) in [6, 6.07) is -0.0835. The molecule has 1 aliphatic heterocycles. The number of likely N-dealkylation sites (tertiary alicyclic amines) is 1. The van der Waals surface area contributed by atoms with Crippen molar-refractivity contribution in [2.75, 3.05) is 6.54 Å². The van der Waals surface area contributed by atoms with Crippen LogP contribution in [0.1, 0.15) is 40.5 Å². The molecule has 1 amide bonds. The zero-order valence-corrected chi connectivity index (χ0v) is 9.99. The number of carbonyl (C=O) groups is 1. The largest absolute Gasteiger partial charge is 0.444 e. The van der Waals surface area contributed by atoms with Crippen LogP contribution >= 0.6 is 0 Å². The second-order valence-corrected chi connectivity index (χ2v) is 5.01. The third kappa shape index (κ3) is 3.09. The molecule has 88 valence electrons. The van der Waals surface area contributed by atoms with Crippen molar-refractivity contribution < 1.29 is 14.6 Å². The van der Waals surface area contributed by atoms with Gasteiger partial charge in [0.1, 0.15) is 5.60 Å². The van der Waals surface area contributed by atoms with Crippen molar-refractivity contribution >= 4 is 6.09 Å². The molecule has 1 fully saturated rings. The highest BCUT2D eigenvalue weighted by atomic mass is 16.6. The van der Waals surface area contributed by atoms with Gasteiger partial charge in [0.05, 0.1) is 12.1 Å². The fraction of sp³-hybridized carbons (Fsp3) is 0.909. The lowest BCUT2D eigenvalue weighted by atomic mass is 10.1. The molecule has 1 heterocycles. The van der Waals surface area contributed by atoms with Crippen LogP contribution in [0.2, 0.25) is 0 Å². The predicted octanol–water partition coefficient (Wildman–Crippen LogP) is 1.77. The third-order valence-corrected chi connectivity index (χ3v) is 2.56. The van der Waals surface area contributed by atoms with Crippen molar-refractivity contribution in [2.24, 2.45) is 0 Å². The monoisotopic (exact) mass is 215 g/mol. The van der Waals surface area contributed by atoms with Crippen LogP contribution in [0.25, 0.3) is 0 Å². The standard InChI is InChI=1S/C11H21NO3/c1-5-8-9(13)6-7-12(8)10(14)15-11(2,3)4/h8-9,13H,5-7H2,1-4H3/t8-,9?/m1/s1. The van der Waals surface area contributed by atoms with E-state index in [1.54, 1.807) is 4.90 Å². The molecule has 1 saturated heterocycles. The Hall–Kier alpha value is -0.770. The van der Waals surface area contributed by atoms with Gasteiger partial charge in [0.15, 0.2) is 0 Å². The molecule has 0 saturated carbocycles.